The molecule has 0 amide bonds. The van der Waals surface area contributed by atoms with Crippen LogP contribution >= 0.6 is 0 Å². The summed E-state index contributed by atoms with van der Waals surface area (Å²) in [7, 11) is 0. The summed E-state index contributed by atoms with van der Waals surface area (Å²) in [6.45, 7) is 2.12. The Bertz CT molecular complexity index is 980. The van der Waals surface area contributed by atoms with Gasteiger partial charge in [-0.2, -0.15) is 0 Å². The molecule has 0 bridgehead atoms. The van der Waals surface area contributed by atoms with Crippen molar-refractivity contribution in [1.82, 2.24) is 0 Å². The van der Waals surface area contributed by atoms with Crippen molar-refractivity contribution < 1.29 is 0 Å². The topological polar surface area (TPSA) is 0 Å². The SMILES string of the molecule is Cc1ccc(-c2ccccc2-c2cccc(-c3ccccc3)c2)cc1. The molecule has 0 unspecified atom stereocenters. The molecule has 25 heavy (non-hydrogen) atoms. The molecule has 4 aromatic carbocycles. The first kappa shape index (κ1) is 15.4. The van der Waals surface area contributed by atoms with Gasteiger partial charge in [-0.05, 0) is 46.4 Å². The van der Waals surface area contributed by atoms with Crippen molar-refractivity contribution in [1.29, 1.82) is 0 Å². The monoisotopic (exact) mass is 320 g/mol. The van der Waals surface area contributed by atoms with Gasteiger partial charge >= 0.3 is 0 Å². The standard InChI is InChI=1S/C25H20/c1-19-14-16-21(17-15-19)24-12-5-6-13-25(24)23-11-7-10-22(18-23)20-8-3-2-4-9-20/h2-18H,1H3. The van der Waals surface area contributed by atoms with Crippen molar-refractivity contribution in [2.24, 2.45) is 0 Å². The highest BCUT2D eigenvalue weighted by Crippen LogP contribution is 2.34. The van der Waals surface area contributed by atoms with Gasteiger partial charge in [-0.3, -0.25) is 0 Å². The van der Waals surface area contributed by atoms with Crippen LogP contribution in [0, 0.1) is 6.92 Å². The Morgan fingerprint density at radius 3 is 1.68 bits per heavy atom. The van der Waals surface area contributed by atoms with Gasteiger partial charge in [0, 0.05) is 0 Å². The Labute approximate surface area is 149 Å². The van der Waals surface area contributed by atoms with Crippen molar-refractivity contribution >= 4 is 0 Å². The molecular formula is C25H20. The molecule has 4 rings (SSSR count). The summed E-state index contributed by atoms with van der Waals surface area (Å²) in [5, 5.41) is 0. The van der Waals surface area contributed by atoms with E-state index in [0.717, 1.165) is 0 Å². The maximum Gasteiger partial charge on any atom is -0.0105 e. The molecule has 0 fully saturated rings. The fourth-order valence-electron chi connectivity index (χ4n) is 3.22. The minimum Gasteiger partial charge on any atom is -0.0622 e. The van der Waals surface area contributed by atoms with E-state index in [4.69, 9.17) is 0 Å². The molecule has 0 saturated heterocycles. The highest BCUT2D eigenvalue weighted by Gasteiger charge is 2.08. The van der Waals surface area contributed by atoms with Crippen LogP contribution in [0.4, 0.5) is 0 Å². The van der Waals surface area contributed by atoms with Gasteiger partial charge in [0.25, 0.3) is 0 Å². The van der Waals surface area contributed by atoms with Gasteiger partial charge in [-0.25, -0.2) is 0 Å². The van der Waals surface area contributed by atoms with Gasteiger partial charge < -0.3 is 0 Å². The minimum absolute atomic E-state index is 1.25. The van der Waals surface area contributed by atoms with Gasteiger partial charge in [0.2, 0.25) is 0 Å². The second-order valence-electron chi connectivity index (χ2n) is 6.36. The zero-order valence-corrected chi connectivity index (χ0v) is 14.3. The molecule has 0 aliphatic heterocycles. The second kappa shape index (κ2) is 6.78. The van der Waals surface area contributed by atoms with Crippen molar-refractivity contribution in [2.45, 2.75) is 6.92 Å². The van der Waals surface area contributed by atoms with Crippen molar-refractivity contribution in [3.05, 3.63) is 109 Å². The Morgan fingerprint density at radius 2 is 0.960 bits per heavy atom. The average molecular weight is 320 g/mol. The summed E-state index contributed by atoms with van der Waals surface area (Å²) >= 11 is 0. The Kier molecular flexibility index (Phi) is 4.18. The van der Waals surface area contributed by atoms with Gasteiger partial charge in [0.05, 0.1) is 0 Å². The maximum absolute atomic E-state index is 2.28. The average Bonchev–Trinajstić information content (AvgIpc) is 2.69. The summed E-state index contributed by atoms with van der Waals surface area (Å²) in [4.78, 5) is 0. The Balaban J connectivity index is 1.82. The van der Waals surface area contributed by atoms with Crippen LogP contribution in [-0.4, -0.2) is 0 Å². The lowest BCUT2D eigenvalue weighted by molar-refractivity contribution is 1.47. The Morgan fingerprint density at radius 1 is 0.400 bits per heavy atom. The van der Waals surface area contributed by atoms with Gasteiger partial charge in [-0.1, -0.05) is 103 Å². The molecule has 0 saturated carbocycles. The Hall–Kier alpha value is -3.12. The van der Waals surface area contributed by atoms with Gasteiger partial charge in [0.15, 0.2) is 0 Å². The van der Waals surface area contributed by atoms with Crippen molar-refractivity contribution in [2.75, 3.05) is 0 Å². The molecule has 0 aliphatic rings. The molecule has 0 aromatic heterocycles. The molecule has 0 spiro atoms. The van der Waals surface area contributed by atoms with Crippen LogP contribution < -0.4 is 0 Å². The molecule has 4 aromatic rings. The maximum atomic E-state index is 2.28. The highest BCUT2D eigenvalue weighted by atomic mass is 14.1. The van der Waals surface area contributed by atoms with E-state index in [2.05, 4.69) is 110 Å². The van der Waals surface area contributed by atoms with Crippen LogP contribution in [0.2, 0.25) is 0 Å². The van der Waals surface area contributed by atoms with E-state index in [9.17, 15) is 0 Å². The third-order valence-corrected chi connectivity index (χ3v) is 4.57. The summed E-state index contributed by atoms with van der Waals surface area (Å²) in [6, 6.07) is 36.7. The molecule has 0 radical (unpaired) electrons. The van der Waals surface area contributed by atoms with E-state index in [1.54, 1.807) is 0 Å². The van der Waals surface area contributed by atoms with Crippen molar-refractivity contribution in [3.8, 4) is 33.4 Å². The summed E-state index contributed by atoms with van der Waals surface area (Å²) in [5.74, 6) is 0. The zero-order chi connectivity index (χ0) is 17.1. The third-order valence-electron chi connectivity index (χ3n) is 4.57. The van der Waals surface area contributed by atoms with Crippen LogP contribution in [0.3, 0.4) is 0 Å². The molecule has 0 aliphatic carbocycles. The molecule has 0 N–H and O–H groups in total. The van der Waals surface area contributed by atoms with Crippen LogP contribution in [0.15, 0.2) is 103 Å². The molecular weight excluding hydrogens is 300 g/mol. The van der Waals surface area contributed by atoms with Crippen molar-refractivity contribution in [3.63, 3.8) is 0 Å². The van der Waals surface area contributed by atoms with Crippen LogP contribution in [0.5, 0.6) is 0 Å². The van der Waals surface area contributed by atoms with Gasteiger partial charge in [-0.15, -0.1) is 0 Å². The molecule has 0 heterocycles. The van der Waals surface area contributed by atoms with Crippen LogP contribution in [-0.2, 0) is 0 Å². The molecule has 0 atom stereocenters. The lowest BCUT2D eigenvalue weighted by Gasteiger charge is -2.12. The van der Waals surface area contributed by atoms with E-state index in [1.165, 1.54) is 38.9 Å². The van der Waals surface area contributed by atoms with E-state index in [0.29, 0.717) is 0 Å². The lowest BCUT2D eigenvalue weighted by atomic mass is 9.92. The number of hydrogen-bond donors (Lipinski definition) is 0. The lowest BCUT2D eigenvalue weighted by Crippen LogP contribution is -1.86. The number of benzene rings is 4. The van der Waals surface area contributed by atoms with Crippen LogP contribution in [0.25, 0.3) is 33.4 Å². The summed E-state index contributed by atoms with van der Waals surface area (Å²) < 4.78 is 0. The van der Waals surface area contributed by atoms with Crippen LogP contribution in [0.1, 0.15) is 5.56 Å². The number of rotatable bonds is 3. The fourth-order valence-corrected chi connectivity index (χ4v) is 3.22. The second-order valence-corrected chi connectivity index (χ2v) is 6.36. The zero-order valence-electron chi connectivity index (χ0n) is 14.3. The van der Waals surface area contributed by atoms with E-state index in [-0.39, 0.29) is 0 Å². The highest BCUT2D eigenvalue weighted by molar-refractivity contribution is 5.85. The predicted molar refractivity (Wildman–Crippen MR) is 107 cm³/mol. The minimum atomic E-state index is 1.25. The third kappa shape index (κ3) is 3.25. The van der Waals surface area contributed by atoms with E-state index < -0.39 is 0 Å². The molecule has 120 valence electrons. The largest absolute Gasteiger partial charge is 0.0622 e. The van der Waals surface area contributed by atoms with E-state index >= 15 is 0 Å². The molecule has 0 nitrogen and oxygen atoms in total. The number of aryl methyl sites for hydroxylation is 1. The molecule has 0 heteroatoms. The smallest absolute Gasteiger partial charge is 0.0105 e. The summed E-state index contributed by atoms with van der Waals surface area (Å²) in [5.41, 5.74) is 8.82. The van der Waals surface area contributed by atoms with Gasteiger partial charge in [0.1, 0.15) is 0 Å². The normalized spacial score (nSPS) is 10.6. The number of hydrogen-bond acceptors (Lipinski definition) is 0. The fraction of sp³-hybridized carbons (Fsp3) is 0.0400. The first-order valence-corrected chi connectivity index (χ1v) is 8.63. The quantitative estimate of drug-likeness (QED) is 0.381. The van der Waals surface area contributed by atoms with E-state index in [1.807, 2.05) is 0 Å². The predicted octanol–water partition coefficient (Wildman–Crippen LogP) is 7.00. The first-order chi connectivity index (χ1) is 12.3. The summed E-state index contributed by atoms with van der Waals surface area (Å²) in [6.07, 6.45) is 0. The first-order valence-electron chi connectivity index (χ1n) is 8.63.